The highest BCUT2D eigenvalue weighted by Gasteiger charge is 2.14. The molecule has 0 aliphatic carbocycles. The number of nitro groups is 1. The standard InChI is InChI=1S/C18H19ClN2O4/c1-18(2,3)12-4-6-13(7-5-12)20-17(22)11-25-16-9-8-14(21(23)24)10-15(16)19/h4-10H,11H2,1-3H3,(H,20,22). The second kappa shape index (κ2) is 7.53. The van der Waals surface area contributed by atoms with Gasteiger partial charge in [0.2, 0.25) is 0 Å². The molecule has 7 heteroatoms. The van der Waals surface area contributed by atoms with Crippen LogP contribution in [0.1, 0.15) is 26.3 Å². The Balaban J connectivity index is 1.94. The summed E-state index contributed by atoms with van der Waals surface area (Å²) in [5.74, 6) is -0.136. The van der Waals surface area contributed by atoms with Gasteiger partial charge in [0, 0.05) is 17.8 Å². The molecule has 0 bridgehead atoms. The fourth-order valence-electron chi connectivity index (χ4n) is 2.11. The molecule has 0 aromatic heterocycles. The van der Waals surface area contributed by atoms with Crippen molar-refractivity contribution in [3.63, 3.8) is 0 Å². The van der Waals surface area contributed by atoms with E-state index in [-0.39, 0.29) is 34.4 Å². The number of non-ortho nitro benzene ring substituents is 1. The van der Waals surface area contributed by atoms with Crippen LogP contribution in [0.15, 0.2) is 42.5 Å². The van der Waals surface area contributed by atoms with E-state index >= 15 is 0 Å². The maximum absolute atomic E-state index is 12.0. The smallest absolute Gasteiger partial charge is 0.271 e. The maximum atomic E-state index is 12.0. The fourth-order valence-corrected chi connectivity index (χ4v) is 2.34. The Labute approximate surface area is 150 Å². The molecule has 0 fully saturated rings. The number of carbonyl (C=O) groups is 1. The summed E-state index contributed by atoms with van der Waals surface area (Å²) >= 11 is 5.92. The van der Waals surface area contributed by atoms with Crippen LogP contribution in [0, 0.1) is 10.1 Å². The SMILES string of the molecule is CC(C)(C)c1ccc(NC(=O)COc2ccc([N+](=O)[O-])cc2Cl)cc1. The van der Waals surface area contributed by atoms with Crippen LogP contribution in [-0.4, -0.2) is 17.4 Å². The third-order valence-electron chi connectivity index (χ3n) is 3.52. The lowest BCUT2D eigenvalue weighted by molar-refractivity contribution is -0.384. The predicted molar refractivity (Wildman–Crippen MR) is 97.4 cm³/mol. The number of ether oxygens (including phenoxy) is 1. The highest BCUT2D eigenvalue weighted by Crippen LogP contribution is 2.28. The molecule has 0 aliphatic heterocycles. The van der Waals surface area contributed by atoms with Crippen LogP contribution in [0.4, 0.5) is 11.4 Å². The Morgan fingerprint density at radius 2 is 1.84 bits per heavy atom. The van der Waals surface area contributed by atoms with Gasteiger partial charge in [-0.05, 0) is 29.2 Å². The van der Waals surface area contributed by atoms with E-state index in [2.05, 4.69) is 26.1 Å². The van der Waals surface area contributed by atoms with Gasteiger partial charge in [0.25, 0.3) is 11.6 Å². The molecular weight excluding hydrogens is 344 g/mol. The van der Waals surface area contributed by atoms with Gasteiger partial charge in [-0.3, -0.25) is 14.9 Å². The molecule has 0 heterocycles. The molecule has 0 atom stereocenters. The number of nitrogens with zero attached hydrogens (tertiary/aromatic N) is 1. The number of hydrogen-bond donors (Lipinski definition) is 1. The van der Waals surface area contributed by atoms with Crippen molar-refractivity contribution in [3.8, 4) is 5.75 Å². The summed E-state index contributed by atoms with van der Waals surface area (Å²) in [4.78, 5) is 22.1. The normalized spacial score (nSPS) is 11.0. The minimum absolute atomic E-state index is 0.0400. The van der Waals surface area contributed by atoms with E-state index in [1.807, 2.05) is 24.3 Å². The quantitative estimate of drug-likeness (QED) is 0.624. The number of anilines is 1. The Kier molecular flexibility index (Phi) is 5.64. The fraction of sp³-hybridized carbons (Fsp3) is 0.278. The number of hydrogen-bond acceptors (Lipinski definition) is 4. The van der Waals surface area contributed by atoms with E-state index in [9.17, 15) is 14.9 Å². The van der Waals surface area contributed by atoms with Gasteiger partial charge in [-0.2, -0.15) is 0 Å². The van der Waals surface area contributed by atoms with Crippen LogP contribution in [0.25, 0.3) is 0 Å². The third-order valence-corrected chi connectivity index (χ3v) is 3.82. The molecule has 2 aromatic rings. The number of benzene rings is 2. The molecule has 0 aliphatic rings. The largest absolute Gasteiger partial charge is 0.482 e. The van der Waals surface area contributed by atoms with Crippen LogP contribution in [0.3, 0.4) is 0 Å². The van der Waals surface area contributed by atoms with E-state index in [4.69, 9.17) is 16.3 Å². The molecule has 0 saturated carbocycles. The van der Waals surface area contributed by atoms with Crippen molar-refractivity contribution in [1.29, 1.82) is 0 Å². The van der Waals surface area contributed by atoms with Crippen molar-refractivity contribution in [2.45, 2.75) is 26.2 Å². The molecule has 0 saturated heterocycles. The maximum Gasteiger partial charge on any atom is 0.271 e. The number of rotatable bonds is 5. The number of nitro benzene ring substituents is 1. The van der Waals surface area contributed by atoms with E-state index in [0.717, 1.165) is 0 Å². The van der Waals surface area contributed by atoms with Crippen LogP contribution < -0.4 is 10.1 Å². The highest BCUT2D eigenvalue weighted by molar-refractivity contribution is 6.32. The van der Waals surface area contributed by atoms with Crippen molar-refractivity contribution < 1.29 is 14.5 Å². The molecule has 1 amide bonds. The monoisotopic (exact) mass is 362 g/mol. The Morgan fingerprint density at radius 3 is 2.36 bits per heavy atom. The van der Waals surface area contributed by atoms with Gasteiger partial charge in [-0.15, -0.1) is 0 Å². The zero-order chi connectivity index (χ0) is 18.6. The van der Waals surface area contributed by atoms with Gasteiger partial charge in [0.1, 0.15) is 5.75 Å². The summed E-state index contributed by atoms with van der Waals surface area (Å²) in [6.45, 7) is 6.09. The Morgan fingerprint density at radius 1 is 1.20 bits per heavy atom. The van der Waals surface area contributed by atoms with Crippen LogP contribution >= 0.6 is 11.6 Å². The van der Waals surface area contributed by atoms with Gasteiger partial charge in [-0.1, -0.05) is 44.5 Å². The molecular formula is C18H19ClN2O4. The van der Waals surface area contributed by atoms with Gasteiger partial charge < -0.3 is 10.1 Å². The number of carbonyl (C=O) groups excluding carboxylic acids is 1. The molecule has 0 radical (unpaired) electrons. The van der Waals surface area contributed by atoms with Crippen molar-refractivity contribution in [2.24, 2.45) is 0 Å². The predicted octanol–water partition coefficient (Wildman–Crippen LogP) is 4.56. The van der Waals surface area contributed by atoms with Crippen molar-refractivity contribution in [2.75, 3.05) is 11.9 Å². The van der Waals surface area contributed by atoms with Crippen LogP contribution in [-0.2, 0) is 10.2 Å². The number of nitrogens with one attached hydrogen (secondary N) is 1. The summed E-state index contributed by atoms with van der Waals surface area (Å²) in [5, 5.41) is 13.5. The zero-order valence-electron chi connectivity index (χ0n) is 14.2. The average molecular weight is 363 g/mol. The molecule has 0 unspecified atom stereocenters. The van der Waals surface area contributed by atoms with Crippen molar-refractivity contribution in [1.82, 2.24) is 0 Å². The summed E-state index contributed by atoms with van der Waals surface area (Å²) in [6.07, 6.45) is 0. The first-order valence-corrected chi connectivity index (χ1v) is 8.02. The minimum Gasteiger partial charge on any atom is -0.482 e. The summed E-state index contributed by atoms with van der Waals surface area (Å²) < 4.78 is 5.32. The lowest BCUT2D eigenvalue weighted by atomic mass is 9.87. The van der Waals surface area contributed by atoms with E-state index in [1.165, 1.54) is 23.8 Å². The van der Waals surface area contributed by atoms with E-state index in [1.54, 1.807) is 0 Å². The highest BCUT2D eigenvalue weighted by atomic mass is 35.5. The average Bonchev–Trinajstić information content (AvgIpc) is 2.53. The topological polar surface area (TPSA) is 81.5 Å². The van der Waals surface area contributed by atoms with Gasteiger partial charge in [-0.25, -0.2) is 0 Å². The first kappa shape index (κ1) is 18.7. The van der Waals surface area contributed by atoms with Gasteiger partial charge in [0.15, 0.2) is 6.61 Å². The van der Waals surface area contributed by atoms with E-state index in [0.29, 0.717) is 5.69 Å². The molecule has 0 spiro atoms. The summed E-state index contributed by atoms with van der Waals surface area (Å²) in [6, 6.07) is 11.4. The Bertz CT molecular complexity index is 783. The molecule has 6 nitrogen and oxygen atoms in total. The van der Waals surface area contributed by atoms with Gasteiger partial charge >= 0.3 is 0 Å². The van der Waals surface area contributed by atoms with E-state index < -0.39 is 4.92 Å². The summed E-state index contributed by atoms with van der Waals surface area (Å²) in [7, 11) is 0. The van der Waals surface area contributed by atoms with Crippen LogP contribution in [0.2, 0.25) is 5.02 Å². The summed E-state index contributed by atoms with van der Waals surface area (Å²) in [5.41, 5.74) is 1.73. The first-order valence-electron chi connectivity index (χ1n) is 7.64. The third kappa shape index (κ3) is 5.19. The number of halogens is 1. The first-order chi connectivity index (χ1) is 11.7. The molecule has 25 heavy (non-hydrogen) atoms. The van der Waals surface area contributed by atoms with Crippen molar-refractivity contribution >= 4 is 28.9 Å². The lowest BCUT2D eigenvalue weighted by Crippen LogP contribution is -2.20. The molecule has 2 rings (SSSR count). The molecule has 132 valence electrons. The second-order valence-corrected chi connectivity index (χ2v) is 6.94. The number of amides is 1. The molecule has 2 aromatic carbocycles. The minimum atomic E-state index is -0.552. The zero-order valence-corrected chi connectivity index (χ0v) is 15.0. The Hall–Kier alpha value is -2.60. The van der Waals surface area contributed by atoms with Crippen molar-refractivity contribution in [3.05, 3.63) is 63.2 Å². The molecule has 1 N–H and O–H groups in total. The second-order valence-electron chi connectivity index (χ2n) is 6.54. The van der Waals surface area contributed by atoms with Crippen LogP contribution in [0.5, 0.6) is 5.75 Å². The van der Waals surface area contributed by atoms with Gasteiger partial charge in [0.05, 0.1) is 9.95 Å². The lowest BCUT2D eigenvalue weighted by Gasteiger charge is -2.19.